The molecule has 0 amide bonds. The first-order chi connectivity index (χ1) is 9.61. The van der Waals surface area contributed by atoms with E-state index in [1.165, 1.54) is 51.4 Å². The lowest BCUT2D eigenvalue weighted by molar-refractivity contribution is 0.221. The summed E-state index contributed by atoms with van der Waals surface area (Å²) in [5.74, 6) is 0.326. The van der Waals surface area contributed by atoms with Crippen molar-refractivity contribution in [3.63, 3.8) is 0 Å². The highest BCUT2D eigenvalue weighted by Gasteiger charge is 2.09. The Bertz CT molecular complexity index is 242. The zero-order valence-electron chi connectivity index (χ0n) is 13.8. The number of unbranched alkanes of at least 4 members (excludes halogenated alkanes) is 7. The zero-order chi connectivity index (χ0) is 15.2. The van der Waals surface area contributed by atoms with Crippen molar-refractivity contribution in [3.8, 4) is 0 Å². The third-order valence-corrected chi connectivity index (χ3v) is 3.81. The minimum Gasteiger partial charge on any atom is -0.409 e. The van der Waals surface area contributed by atoms with Gasteiger partial charge in [-0.2, -0.15) is 0 Å². The molecule has 4 nitrogen and oxygen atoms in total. The van der Waals surface area contributed by atoms with E-state index in [9.17, 15) is 0 Å². The molecule has 0 heterocycles. The maximum atomic E-state index is 8.57. The summed E-state index contributed by atoms with van der Waals surface area (Å²) in [7, 11) is 0. The van der Waals surface area contributed by atoms with E-state index in [-0.39, 0.29) is 0 Å². The molecule has 0 rings (SSSR count). The van der Waals surface area contributed by atoms with Crippen LogP contribution in [0, 0.1) is 0 Å². The van der Waals surface area contributed by atoms with Crippen molar-refractivity contribution in [3.05, 3.63) is 0 Å². The average Bonchev–Trinajstić information content (AvgIpc) is 2.44. The Morgan fingerprint density at radius 3 is 2.05 bits per heavy atom. The molecule has 0 bridgehead atoms. The molecule has 0 saturated carbocycles. The number of nitrogens with two attached hydrogens (primary N) is 1. The summed E-state index contributed by atoms with van der Waals surface area (Å²) >= 11 is 0. The van der Waals surface area contributed by atoms with E-state index in [1.807, 2.05) is 0 Å². The summed E-state index contributed by atoms with van der Waals surface area (Å²) in [4.78, 5) is 2.41. The highest BCUT2D eigenvalue weighted by Crippen LogP contribution is 2.10. The smallest absolute Gasteiger partial charge is 0.140 e. The minimum atomic E-state index is 0.326. The fourth-order valence-corrected chi connectivity index (χ4v) is 2.39. The van der Waals surface area contributed by atoms with Crippen LogP contribution in [0.4, 0.5) is 0 Å². The second-order valence-corrected chi connectivity index (χ2v) is 5.95. The molecule has 0 atom stereocenters. The van der Waals surface area contributed by atoms with Gasteiger partial charge in [0.25, 0.3) is 0 Å². The molecule has 20 heavy (non-hydrogen) atoms. The van der Waals surface area contributed by atoms with Crippen molar-refractivity contribution in [1.82, 2.24) is 4.90 Å². The van der Waals surface area contributed by atoms with Gasteiger partial charge in [0.15, 0.2) is 0 Å². The van der Waals surface area contributed by atoms with Crippen molar-refractivity contribution in [1.29, 1.82) is 0 Å². The Labute approximate surface area is 125 Å². The molecular formula is C16H35N3O. The van der Waals surface area contributed by atoms with E-state index in [1.54, 1.807) is 0 Å². The molecule has 0 unspecified atom stereocenters. The molecule has 0 aliphatic rings. The summed E-state index contributed by atoms with van der Waals surface area (Å²) in [6.45, 7) is 8.66. The number of oxime groups is 1. The third-order valence-electron chi connectivity index (χ3n) is 3.81. The topological polar surface area (TPSA) is 61.8 Å². The molecule has 0 aliphatic heterocycles. The zero-order valence-corrected chi connectivity index (χ0v) is 13.8. The van der Waals surface area contributed by atoms with Crippen LogP contribution in [-0.2, 0) is 0 Å². The maximum absolute atomic E-state index is 8.57. The molecule has 0 aromatic rings. The van der Waals surface area contributed by atoms with Gasteiger partial charge in [-0.1, -0.05) is 57.0 Å². The van der Waals surface area contributed by atoms with Crippen LogP contribution in [0.25, 0.3) is 0 Å². The Morgan fingerprint density at radius 1 is 1.00 bits per heavy atom. The second kappa shape index (κ2) is 13.2. The molecule has 0 saturated heterocycles. The SMILES string of the molecule is CCCCCCCCCCN(CCC(N)=NO)C(C)C. The van der Waals surface area contributed by atoms with Crippen LogP contribution in [0.1, 0.15) is 78.6 Å². The van der Waals surface area contributed by atoms with E-state index >= 15 is 0 Å². The fourth-order valence-electron chi connectivity index (χ4n) is 2.39. The minimum absolute atomic E-state index is 0.326. The predicted octanol–water partition coefficient (Wildman–Crippen LogP) is 3.97. The Kier molecular flexibility index (Phi) is 12.7. The normalized spacial score (nSPS) is 12.6. The van der Waals surface area contributed by atoms with Gasteiger partial charge in [-0.15, -0.1) is 0 Å². The summed E-state index contributed by atoms with van der Waals surface area (Å²) < 4.78 is 0. The molecule has 120 valence electrons. The number of hydrogen-bond acceptors (Lipinski definition) is 3. The summed E-state index contributed by atoms with van der Waals surface area (Å²) in [6.07, 6.45) is 11.5. The van der Waals surface area contributed by atoms with Crippen LogP contribution >= 0.6 is 0 Å². The Balaban J connectivity index is 3.61. The lowest BCUT2D eigenvalue weighted by Gasteiger charge is -2.26. The first kappa shape index (κ1) is 19.2. The highest BCUT2D eigenvalue weighted by atomic mass is 16.4. The van der Waals surface area contributed by atoms with Crippen LogP contribution in [0.3, 0.4) is 0 Å². The van der Waals surface area contributed by atoms with Gasteiger partial charge >= 0.3 is 0 Å². The van der Waals surface area contributed by atoms with Gasteiger partial charge in [0, 0.05) is 19.0 Å². The van der Waals surface area contributed by atoms with Gasteiger partial charge in [-0.3, -0.25) is 0 Å². The van der Waals surface area contributed by atoms with Crippen molar-refractivity contribution in [2.75, 3.05) is 13.1 Å². The lowest BCUT2D eigenvalue weighted by Crippen LogP contribution is -2.34. The summed E-state index contributed by atoms with van der Waals surface area (Å²) in [5.41, 5.74) is 5.53. The summed E-state index contributed by atoms with van der Waals surface area (Å²) in [6, 6.07) is 0.519. The van der Waals surface area contributed by atoms with Crippen LogP contribution in [0.15, 0.2) is 5.16 Å². The van der Waals surface area contributed by atoms with E-state index in [0.717, 1.165) is 13.1 Å². The van der Waals surface area contributed by atoms with Crippen molar-refractivity contribution in [2.45, 2.75) is 84.6 Å². The maximum Gasteiger partial charge on any atom is 0.140 e. The van der Waals surface area contributed by atoms with Crippen molar-refractivity contribution in [2.24, 2.45) is 10.9 Å². The Morgan fingerprint density at radius 2 is 1.55 bits per heavy atom. The predicted molar refractivity (Wildman–Crippen MR) is 87.3 cm³/mol. The van der Waals surface area contributed by atoms with E-state index < -0.39 is 0 Å². The molecule has 0 radical (unpaired) electrons. The van der Waals surface area contributed by atoms with Crippen LogP contribution in [0.2, 0.25) is 0 Å². The molecular weight excluding hydrogens is 250 g/mol. The summed E-state index contributed by atoms with van der Waals surface area (Å²) in [5, 5.41) is 11.6. The highest BCUT2D eigenvalue weighted by molar-refractivity contribution is 5.79. The first-order valence-electron chi connectivity index (χ1n) is 8.32. The van der Waals surface area contributed by atoms with Crippen LogP contribution < -0.4 is 5.73 Å². The quantitative estimate of drug-likeness (QED) is 0.177. The number of amidine groups is 1. The third kappa shape index (κ3) is 11.1. The monoisotopic (exact) mass is 285 g/mol. The standard InChI is InChI=1S/C16H35N3O/c1-4-5-6-7-8-9-10-11-13-19(15(2)3)14-12-16(17)18-20/h15,20H,4-14H2,1-3H3,(H2,17,18). The van der Waals surface area contributed by atoms with Gasteiger partial charge < -0.3 is 15.8 Å². The largest absolute Gasteiger partial charge is 0.409 e. The second-order valence-electron chi connectivity index (χ2n) is 5.95. The molecule has 0 spiro atoms. The molecule has 3 N–H and O–H groups in total. The van der Waals surface area contributed by atoms with Gasteiger partial charge in [-0.05, 0) is 26.8 Å². The average molecular weight is 285 g/mol. The van der Waals surface area contributed by atoms with Crippen molar-refractivity contribution < 1.29 is 5.21 Å². The lowest BCUT2D eigenvalue weighted by atomic mass is 10.1. The van der Waals surface area contributed by atoms with Crippen LogP contribution in [0.5, 0.6) is 0 Å². The van der Waals surface area contributed by atoms with Gasteiger partial charge in [0.1, 0.15) is 5.84 Å². The van der Waals surface area contributed by atoms with E-state index in [4.69, 9.17) is 10.9 Å². The molecule has 0 fully saturated rings. The number of hydrogen-bond donors (Lipinski definition) is 2. The van der Waals surface area contributed by atoms with Crippen LogP contribution in [-0.4, -0.2) is 35.1 Å². The Hall–Kier alpha value is -0.770. The van der Waals surface area contributed by atoms with E-state index in [2.05, 4.69) is 30.8 Å². The fraction of sp³-hybridized carbons (Fsp3) is 0.938. The first-order valence-corrected chi connectivity index (χ1v) is 8.32. The van der Waals surface area contributed by atoms with Gasteiger partial charge in [0.2, 0.25) is 0 Å². The van der Waals surface area contributed by atoms with Gasteiger partial charge in [0.05, 0.1) is 0 Å². The molecule has 0 aromatic carbocycles. The van der Waals surface area contributed by atoms with Crippen molar-refractivity contribution >= 4 is 5.84 Å². The molecule has 0 aliphatic carbocycles. The van der Waals surface area contributed by atoms with E-state index in [0.29, 0.717) is 18.3 Å². The molecule has 4 heteroatoms. The number of nitrogens with zero attached hydrogens (tertiary/aromatic N) is 2. The molecule has 0 aromatic heterocycles. The van der Waals surface area contributed by atoms with Gasteiger partial charge in [-0.25, -0.2) is 0 Å². The number of rotatable bonds is 13.